The summed E-state index contributed by atoms with van der Waals surface area (Å²) in [5, 5.41) is 8.96. The zero-order valence-corrected chi connectivity index (χ0v) is 13.7. The number of hydrogen-bond acceptors (Lipinski definition) is 3. The van der Waals surface area contributed by atoms with Crippen molar-refractivity contribution in [1.29, 1.82) is 0 Å². The molecule has 23 heavy (non-hydrogen) atoms. The summed E-state index contributed by atoms with van der Waals surface area (Å²) < 4.78 is 11.4. The monoisotopic (exact) mass is 314 g/mol. The lowest BCUT2D eigenvalue weighted by atomic mass is 9.86. The lowest BCUT2D eigenvalue weighted by molar-refractivity contribution is 0.0696. The number of benzene rings is 2. The van der Waals surface area contributed by atoms with Gasteiger partial charge in [-0.3, -0.25) is 0 Å². The molecule has 1 N–H and O–H groups in total. The maximum atomic E-state index is 10.9. The maximum absolute atomic E-state index is 10.9. The van der Waals surface area contributed by atoms with Gasteiger partial charge in [-0.15, -0.1) is 0 Å². The summed E-state index contributed by atoms with van der Waals surface area (Å²) in [7, 11) is 0. The Morgan fingerprint density at radius 3 is 2.39 bits per heavy atom. The summed E-state index contributed by atoms with van der Waals surface area (Å²) in [5.74, 6) is 0.409. The predicted octanol–water partition coefficient (Wildman–Crippen LogP) is 4.14. The highest BCUT2D eigenvalue weighted by atomic mass is 16.5. The Hall–Kier alpha value is -2.49. The number of carbonyl (C=O) groups is 1. The zero-order valence-electron chi connectivity index (χ0n) is 13.7. The van der Waals surface area contributed by atoms with Crippen LogP contribution in [-0.4, -0.2) is 24.3 Å². The molecular formula is C19H22O4. The molecule has 0 saturated carbocycles. The molecule has 0 aliphatic heterocycles. The summed E-state index contributed by atoms with van der Waals surface area (Å²) in [4.78, 5) is 10.9. The predicted molar refractivity (Wildman–Crippen MR) is 89.5 cm³/mol. The van der Waals surface area contributed by atoms with Gasteiger partial charge in [-0.25, -0.2) is 4.79 Å². The molecule has 0 aliphatic carbocycles. The Morgan fingerprint density at radius 2 is 1.70 bits per heavy atom. The van der Waals surface area contributed by atoms with Crippen LogP contribution in [0.15, 0.2) is 48.5 Å². The molecule has 0 aliphatic rings. The average Bonchev–Trinajstić information content (AvgIpc) is 2.51. The van der Waals surface area contributed by atoms with Crippen LogP contribution in [0.2, 0.25) is 0 Å². The lowest BCUT2D eigenvalue weighted by Crippen LogP contribution is -2.15. The molecule has 4 heteroatoms. The van der Waals surface area contributed by atoms with Crippen molar-refractivity contribution in [1.82, 2.24) is 0 Å². The van der Waals surface area contributed by atoms with Gasteiger partial charge in [0.2, 0.25) is 0 Å². The van der Waals surface area contributed by atoms with Gasteiger partial charge in [0.25, 0.3) is 0 Å². The first-order chi connectivity index (χ1) is 10.9. The van der Waals surface area contributed by atoms with Gasteiger partial charge in [-0.2, -0.15) is 0 Å². The fourth-order valence-corrected chi connectivity index (χ4v) is 2.24. The molecule has 0 unspecified atom stereocenters. The van der Waals surface area contributed by atoms with Gasteiger partial charge in [0.05, 0.1) is 5.56 Å². The van der Waals surface area contributed by atoms with Crippen LogP contribution in [0.5, 0.6) is 11.5 Å². The maximum Gasteiger partial charge on any atom is 0.335 e. The topological polar surface area (TPSA) is 55.8 Å². The van der Waals surface area contributed by atoms with E-state index in [1.54, 1.807) is 12.1 Å². The molecule has 0 amide bonds. The molecule has 2 aromatic carbocycles. The molecule has 0 radical (unpaired) electrons. The van der Waals surface area contributed by atoms with Crippen LogP contribution >= 0.6 is 0 Å². The van der Waals surface area contributed by atoms with Crippen LogP contribution in [0.4, 0.5) is 0 Å². The SMILES string of the molecule is CC(C)(C)c1ccccc1OCCOc1cccc(C(=O)O)c1. The van der Waals surface area contributed by atoms with E-state index in [1.807, 2.05) is 18.2 Å². The molecule has 0 bridgehead atoms. The van der Waals surface area contributed by atoms with E-state index in [4.69, 9.17) is 14.6 Å². The second-order valence-corrected chi connectivity index (χ2v) is 6.28. The molecule has 0 spiro atoms. The second-order valence-electron chi connectivity index (χ2n) is 6.28. The second kappa shape index (κ2) is 7.18. The number of ether oxygens (including phenoxy) is 2. The molecule has 2 rings (SSSR count). The standard InChI is InChI=1S/C19H22O4/c1-19(2,3)16-9-4-5-10-17(16)23-12-11-22-15-8-6-7-14(13-15)18(20)21/h4-10,13H,11-12H2,1-3H3,(H,20,21). The molecular weight excluding hydrogens is 292 g/mol. The smallest absolute Gasteiger partial charge is 0.335 e. The first kappa shape index (κ1) is 16.9. The van der Waals surface area contributed by atoms with Crippen molar-refractivity contribution < 1.29 is 19.4 Å². The quantitative estimate of drug-likeness (QED) is 0.814. The van der Waals surface area contributed by atoms with Crippen LogP contribution in [0.1, 0.15) is 36.7 Å². The minimum Gasteiger partial charge on any atom is -0.490 e. The first-order valence-electron chi connectivity index (χ1n) is 7.56. The Labute approximate surface area is 136 Å². The molecule has 4 nitrogen and oxygen atoms in total. The molecule has 0 aromatic heterocycles. The third-order valence-electron chi connectivity index (χ3n) is 3.39. The van der Waals surface area contributed by atoms with Gasteiger partial charge in [0.1, 0.15) is 24.7 Å². The Morgan fingerprint density at radius 1 is 1.00 bits per heavy atom. The van der Waals surface area contributed by atoms with Crippen LogP contribution < -0.4 is 9.47 Å². The van der Waals surface area contributed by atoms with E-state index in [0.29, 0.717) is 19.0 Å². The summed E-state index contributed by atoms with van der Waals surface area (Å²) in [6, 6.07) is 14.4. The van der Waals surface area contributed by atoms with Crippen LogP contribution in [0.25, 0.3) is 0 Å². The van der Waals surface area contributed by atoms with Gasteiger partial charge in [-0.1, -0.05) is 45.0 Å². The molecule has 0 atom stereocenters. The van der Waals surface area contributed by atoms with E-state index in [1.165, 1.54) is 12.1 Å². The van der Waals surface area contributed by atoms with Crippen LogP contribution in [0.3, 0.4) is 0 Å². The number of aromatic carboxylic acids is 1. The van der Waals surface area contributed by atoms with Crippen molar-refractivity contribution in [2.24, 2.45) is 0 Å². The third kappa shape index (κ3) is 4.74. The van der Waals surface area contributed by atoms with E-state index in [2.05, 4.69) is 26.8 Å². The van der Waals surface area contributed by atoms with Gasteiger partial charge >= 0.3 is 5.97 Å². The normalized spacial score (nSPS) is 11.1. The number of para-hydroxylation sites is 1. The van der Waals surface area contributed by atoms with E-state index in [0.717, 1.165) is 11.3 Å². The van der Waals surface area contributed by atoms with Crippen molar-refractivity contribution in [2.75, 3.05) is 13.2 Å². The lowest BCUT2D eigenvalue weighted by Gasteiger charge is -2.22. The fraction of sp³-hybridized carbons (Fsp3) is 0.316. The number of rotatable bonds is 6. The van der Waals surface area contributed by atoms with Crippen molar-refractivity contribution in [3.63, 3.8) is 0 Å². The van der Waals surface area contributed by atoms with Crippen LogP contribution in [0, 0.1) is 0 Å². The molecule has 0 saturated heterocycles. The number of hydrogen-bond donors (Lipinski definition) is 1. The van der Waals surface area contributed by atoms with E-state index in [9.17, 15) is 4.79 Å². The largest absolute Gasteiger partial charge is 0.490 e. The first-order valence-corrected chi connectivity index (χ1v) is 7.56. The van der Waals surface area contributed by atoms with Crippen molar-refractivity contribution in [3.05, 3.63) is 59.7 Å². The van der Waals surface area contributed by atoms with Gasteiger partial charge < -0.3 is 14.6 Å². The van der Waals surface area contributed by atoms with Crippen LogP contribution in [-0.2, 0) is 5.41 Å². The molecule has 0 heterocycles. The number of carboxylic acids is 1. The van der Waals surface area contributed by atoms with E-state index >= 15 is 0 Å². The Kier molecular flexibility index (Phi) is 5.27. The highest BCUT2D eigenvalue weighted by Crippen LogP contribution is 2.30. The number of carboxylic acid groups (broad SMARTS) is 1. The highest BCUT2D eigenvalue weighted by Gasteiger charge is 2.18. The summed E-state index contributed by atoms with van der Waals surface area (Å²) in [5.41, 5.74) is 1.36. The Balaban J connectivity index is 1.92. The molecule has 2 aromatic rings. The van der Waals surface area contributed by atoms with Gasteiger partial charge in [0, 0.05) is 0 Å². The Bertz CT molecular complexity index is 671. The highest BCUT2D eigenvalue weighted by molar-refractivity contribution is 5.87. The summed E-state index contributed by atoms with van der Waals surface area (Å²) in [6.07, 6.45) is 0. The molecule has 122 valence electrons. The van der Waals surface area contributed by atoms with Gasteiger partial charge in [0.15, 0.2) is 0 Å². The summed E-state index contributed by atoms with van der Waals surface area (Å²) >= 11 is 0. The van der Waals surface area contributed by atoms with E-state index in [-0.39, 0.29) is 11.0 Å². The van der Waals surface area contributed by atoms with E-state index < -0.39 is 5.97 Å². The average molecular weight is 314 g/mol. The zero-order chi connectivity index (χ0) is 16.9. The summed E-state index contributed by atoms with van der Waals surface area (Å²) in [6.45, 7) is 7.17. The minimum atomic E-state index is -0.967. The fourth-order valence-electron chi connectivity index (χ4n) is 2.24. The van der Waals surface area contributed by atoms with Crippen molar-refractivity contribution in [3.8, 4) is 11.5 Å². The minimum absolute atomic E-state index is 0.00721. The molecule has 0 fully saturated rings. The van der Waals surface area contributed by atoms with Crippen molar-refractivity contribution in [2.45, 2.75) is 26.2 Å². The van der Waals surface area contributed by atoms with Gasteiger partial charge in [-0.05, 0) is 35.2 Å². The van der Waals surface area contributed by atoms with Crippen molar-refractivity contribution >= 4 is 5.97 Å². The third-order valence-corrected chi connectivity index (χ3v) is 3.39.